The van der Waals surface area contributed by atoms with E-state index in [0.717, 1.165) is 19.5 Å². The van der Waals surface area contributed by atoms with E-state index in [9.17, 15) is 5.11 Å². The number of anilines is 1. The summed E-state index contributed by atoms with van der Waals surface area (Å²) in [6.07, 6.45) is 8.82. The molecule has 0 saturated heterocycles. The Morgan fingerprint density at radius 1 is 1.05 bits per heavy atom. The lowest BCUT2D eigenvalue weighted by Gasteiger charge is -2.36. The molecule has 0 aromatic heterocycles. The molecule has 1 heterocycles. The fraction of sp³-hybridized carbons (Fsp3) is 0.647. The van der Waals surface area contributed by atoms with Crippen LogP contribution in [-0.4, -0.2) is 24.8 Å². The summed E-state index contributed by atoms with van der Waals surface area (Å²) in [4.78, 5) is 2.51. The molecule has 2 nitrogen and oxygen atoms in total. The van der Waals surface area contributed by atoms with E-state index in [4.69, 9.17) is 0 Å². The minimum Gasteiger partial charge on any atom is -0.396 e. The summed E-state index contributed by atoms with van der Waals surface area (Å²) in [7, 11) is 0. The maximum atomic E-state index is 9.95. The van der Waals surface area contributed by atoms with Crippen LogP contribution in [0.3, 0.4) is 0 Å². The average Bonchev–Trinajstić information content (AvgIpc) is 2.70. The third kappa shape index (κ3) is 2.64. The van der Waals surface area contributed by atoms with Crippen LogP contribution in [0, 0.1) is 5.41 Å². The molecule has 3 rings (SSSR count). The van der Waals surface area contributed by atoms with Crippen molar-refractivity contribution in [2.75, 3.05) is 24.6 Å². The lowest BCUT2D eigenvalue weighted by atomic mass is 9.80. The lowest BCUT2D eigenvalue weighted by molar-refractivity contribution is 0.113. The van der Waals surface area contributed by atoms with E-state index in [1.165, 1.54) is 49.8 Å². The highest BCUT2D eigenvalue weighted by atomic mass is 16.3. The molecule has 0 unspecified atom stereocenters. The zero-order valence-electron chi connectivity index (χ0n) is 11.8. The molecule has 1 aliphatic heterocycles. The Morgan fingerprint density at radius 3 is 2.53 bits per heavy atom. The molecular formula is C17H25NO. The molecule has 0 bridgehead atoms. The highest BCUT2D eigenvalue weighted by Crippen LogP contribution is 2.38. The second-order valence-corrected chi connectivity index (χ2v) is 6.37. The van der Waals surface area contributed by atoms with E-state index in [2.05, 4.69) is 29.2 Å². The van der Waals surface area contributed by atoms with Crippen LogP contribution >= 0.6 is 0 Å². The standard InChI is InChI=1S/C17H25NO/c19-14-17(10-5-1-2-6-11-17)13-18-12-9-15-7-3-4-8-16(15)18/h3-4,7-8,19H,1-2,5-6,9-14H2. The number of para-hydroxylation sites is 1. The molecule has 1 saturated carbocycles. The highest BCUT2D eigenvalue weighted by molar-refractivity contribution is 5.57. The minimum atomic E-state index is 0.147. The third-order valence-corrected chi connectivity index (χ3v) is 5.01. The van der Waals surface area contributed by atoms with Crippen LogP contribution < -0.4 is 4.90 Å². The molecule has 1 aliphatic carbocycles. The van der Waals surface area contributed by atoms with Gasteiger partial charge in [0, 0.05) is 24.2 Å². The van der Waals surface area contributed by atoms with Gasteiger partial charge in [-0.3, -0.25) is 0 Å². The van der Waals surface area contributed by atoms with Gasteiger partial charge < -0.3 is 10.0 Å². The third-order valence-electron chi connectivity index (χ3n) is 5.01. The SMILES string of the molecule is OCC1(CN2CCc3ccccc32)CCCCCC1. The van der Waals surface area contributed by atoms with Crippen LogP contribution in [0.2, 0.25) is 0 Å². The molecule has 19 heavy (non-hydrogen) atoms. The summed E-state index contributed by atoms with van der Waals surface area (Å²) in [6.45, 7) is 2.52. The van der Waals surface area contributed by atoms with Crippen LogP contribution in [0.5, 0.6) is 0 Å². The maximum Gasteiger partial charge on any atom is 0.0504 e. The minimum absolute atomic E-state index is 0.147. The van der Waals surface area contributed by atoms with E-state index < -0.39 is 0 Å². The van der Waals surface area contributed by atoms with Gasteiger partial charge in [-0.05, 0) is 30.9 Å². The quantitative estimate of drug-likeness (QED) is 0.841. The van der Waals surface area contributed by atoms with Gasteiger partial charge in [-0.1, -0.05) is 43.9 Å². The summed E-state index contributed by atoms with van der Waals surface area (Å²) in [6, 6.07) is 8.75. The summed E-state index contributed by atoms with van der Waals surface area (Å²) < 4.78 is 0. The predicted octanol–water partition coefficient (Wildman–Crippen LogP) is 3.38. The van der Waals surface area contributed by atoms with E-state index in [0.29, 0.717) is 6.61 Å². The molecule has 0 spiro atoms. The molecule has 1 aromatic rings. The summed E-state index contributed by atoms with van der Waals surface area (Å²) in [5, 5.41) is 9.95. The number of nitrogens with zero attached hydrogens (tertiary/aromatic N) is 1. The number of benzene rings is 1. The van der Waals surface area contributed by atoms with Crippen LogP contribution in [0.4, 0.5) is 5.69 Å². The van der Waals surface area contributed by atoms with Crippen LogP contribution in [0.25, 0.3) is 0 Å². The van der Waals surface area contributed by atoms with Gasteiger partial charge >= 0.3 is 0 Å². The first-order valence-electron chi connectivity index (χ1n) is 7.77. The van der Waals surface area contributed by atoms with Crippen molar-refractivity contribution in [3.63, 3.8) is 0 Å². The number of hydrogen-bond acceptors (Lipinski definition) is 2. The predicted molar refractivity (Wildman–Crippen MR) is 79.6 cm³/mol. The first-order chi connectivity index (χ1) is 9.33. The van der Waals surface area contributed by atoms with Crippen molar-refractivity contribution in [2.45, 2.75) is 44.9 Å². The van der Waals surface area contributed by atoms with E-state index in [1.807, 2.05) is 0 Å². The Labute approximate surface area is 116 Å². The van der Waals surface area contributed by atoms with Crippen LogP contribution in [0.15, 0.2) is 24.3 Å². The zero-order chi connectivity index (χ0) is 13.1. The second-order valence-electron chi connectivity index (χ2n) is 6.37. The van der Waals surface area contributed by atoms with E-state index >= 15 is 0 Å². The Morgan fingerprint density at radius 2 is 1.79 bits per heavy atom. The maximum absolute atomic E-state index is 9.95. The smallest absolute Gasteiger partial charge is 0.0504 e. The number of hydrogen-bond donors (Lipinski definition) is 1. The molecule has 2 heteroatoms. The monoisotopic (exact) mass is 259 g/mol. The summed E-state index contributed by atoms with van der Waals surface area (Å²) in [5.41, 5.74) is 3.03. The van der Waals surface area contributed by atoms with Gasteiger partial charge in [-0.25, -0.2) is 0 Å². The molecular weight excluding hydrogens is 234 g/mol. The van der Waals surface area contributed by atoms with Crippen molar-refractivity contribution in [3.05, 3.63) is 29.8 Å². The highest BCUT2D eigenvalue weighted by Gasteiger charge is 2.34. The molecule has 1 aromatic carbocycles. The second kappa shape index (κ2) is 5.54. The van der Waals surface area contributed by atoms with Crippen molar-refractivity contribution in [3.8, 4) is 0 Å². The van der Waals surface area contributed by atoms with Gasteiger partial charge in [0.1, 0.15) is 0 Å². The fourth-order valence-corrected chi connectivity index (χ4v) is 3.82. The van der Waals surface area contributed by atoms with Crippen molar-refractivity contribution in [1.29, 1.82) is 0 Å². The molecule has 0 amide bonds. The molecule has 0 radical (unpaired) electrons. The molecule has 104 valence electrons. The van der Waals surface area contributed by atoms with Gasteiger partial charge in [-0.15, -0.1) is 0 Å². The van der Waals surface area contributed by atoms with Gasteiger partial charge in [0.05, 0.1) is 6.61 Å². The van der Waals surface area contributed by atoms with Crippen molar-refractivity contribution in [2.24, 2.45) is 5.41 Å². The Balaban J connectivity index is 1.76. The molecule has 2 aliphatic rings. The van der Waals surface area contributed by atoms with Gasteiger partial charge in [0.2, 0.25) is 0 Å². The summed E-state index contributed by atoms with van der Waals surface area (Å²) in [5.74, 6) is 0. The Bertz CT molecular complexity index is 421. The first kappa shape index (κ1) is 13.0. The zero-order valence-corrected chi connectivity index (χ0v) is 11.8. The number of fused-ring (bicyclic) bond motifs is 1. The van der Waals surface area contributed by atoms with Crippen molar-refractivity contribution in [1.82, 2.24) is 0 Å². The molecule has 1 N–H and O–H groups in total. The van der Waals surface area contributed by atoms with Gasteiger partial charge in [0.25, 0.3) is 0 Å². The van der Waals surface area contributed by atoms with E-state index in [1.54, 1.807) is 0 Å². The number of aliphatic hydroxyl groups excluding tert-OH is 1. The summed E-state index contributed by atoms with van der Waals surface area (Å²) >= 11 is 0. The topological polar surface area (TPSA) is 23.5 Å². The Kier molecular flexibility index (Phi) is 3.79. The average molecular weight is 259 g/mol. The van der Waals surface area contributed by atoms with Crippen molar-refractivity contribution < 1.29 is 5.11 Å². The molecule has 1 fully saturated rings. The van der Waals surface area contributed by atoms with Crippen LogP contribution in [-0.2, 0) is 6.42 Å². The number of rotatable bonds is 3. The van der Waals surface area contributed by atoms with Crippen LogP contribution in [0.1, 0.15) is 44.1 Å². The van der Waals surface area contributed by atoms with Gasteiger partial charge in [-0.2, -0.15) is 0 Å². The van der Waals surface area contributed by atoms with E-state index in [-0.39, 0.29) is 5.41 Å². The number of aliphatic hydroxyl groups is 1. The normalized spacial score (nSPS) is 22.1. The molecule has 0 atom stereocenters. The fourth-order valence-electron chi connectivity index (χ4n) is 3.82. The van der Waals surface area contributed by atoms with Gasteiger partial charge in [0.15, 0.2) is 0 Å². The largest absolute Gasteiger partial charge is 0.396 e. The van der Waals surface area contributed by atoms with Crippen molar-refractivity contribution >= 4 is 5.69 Å². The first-order valence-corrected chi connectivity index (χ1v) is 7.77. The Hall–Kier alpha value is -1.02. The lowest BCUT2D eigenvalue weighted by Crippen LogP contribution is -2.39.